The van der Waals surface area contributed by atoms with Crippen LogP contribution in [0.5, 0.6) is 5.75 Å². The fourth-order valence-corrected chi connectivity index (χ4v) is 2.68. The van der Waals surface area contributed by atoms with Crippen LogP contribution in [-0.2, 0) is 6.61 Å². The minimum Gasteiger partial charge on any atom is -0.488 e. The average molecular weight is 376 g/mol. The molecule has 2 rings (SSSR count). The number of aliphatic hydroxyl groups excluding tert-OH is 1. The fraction of sp³-hybridized carbons (Fsp3) is 0.200. The van der Waals surface area contributed by atoms with E-state index in [1.54, 1.807) is 25.1 Å². The van der Waals surface area contributed by atoms with Crippen molar-refractivity contribution >= 4 is 39.1 Å². The summed E-state index contributed by atoms with van der Waals surface area (Å²) in [6.45, 7) is 2.00. The van der Waals surface area contributed by atoms with Crippen molar-refractivity contribution in [1.82, 2.24) is 0 Å². The zero-order valence-electron chi connectivity index (χ0n) is 10.7. The number of hydrogen-bond donors (Lipinski definition) is 1. The Labute approximate surface area is 136 Å². The molecule has 2 aromatic carbocycles. The summed E-state index contributed by atoms with van der Waals surface area (Å²) < 4.78 is 6.66. The quantitative estimate of drug-likeness (QED) is 0.776. The van der Waals surface area contributed by atoms with Crippen molar-refractivity contribution in [3.8, 4) is 5.75 Å². The van der Waals surface area contributed by atoms with Gasteiger partial charge in [-0.25, -0.2) is 0 Å². The van der Waals surface area contributed by atoms with E-state index >= 15 is 0 Å². The van der Waals surface area contributed by atoms with Crippen molar-refractivity contribution in [1.29, 1.82) is 0 Å². The van der Waals surface area contributed by atoms with Crippen LogP contribution in [0.4, 0.5) is 0 Å². The molecule has 1 atom stereocenters. The van der Waals surface area contributed by atoms with Crippen molar-refractivity contribution in [3.63, 3.8) is 0 Å². The van der Waals surface area contributed by atoms with Crippen LogP contribution in [0, 0.1) is 0 Å². The largest absolute Gasteiger partial charge is 0.488 e. The molecule has 0 saturated carbocycles. The van der Waals surface area contributed by atoms with Crippen LogP contribution >= 0.6 is 39.1 Å². The summed E-state index contributed by atoms with van der Waals surface area (Å²) in [6, 6.07) is 10.8. The van der Waals surface area contributed by atoms with Gasteiger partial charge in [0.2, 0.25) is 0 Å². The van der Waals surface area contributed by atoms with Crippen molar-refractivity contribution < 1.29 is 9.84 Å². The van der Waals surface area contributed by atoms with Gasteiger partial charge in [0.1, 0.15) is 12.4 Å². The Balaban J connectivity index is 2.18. The first-order chi connectivity index (χ1) is 9.47. The molecule has 0 saturated heterocycles. The molecule has 0 fully saturated rings. The van der Waals surface area contributed by atoms with Crippen molar-refractivity contribution in [2.24, 2.45) is 0 Å². The molecular formula is C15H13BrCl2O2. The summed E-state index contributed by atoms with van der Waals surface area (Å²) >= 11 is 15.4. The van der Waals surface area contributed by atoms with Crippen molar-refractivity contribution in [3.05, 3.63) is 62.0 Å². The summed E-state index contributed by atoms with van der Waals surface area (Å²) in [7, 11) is 0. The lowest BCUT2D eigenvalue weighted by molar-refractivity contribution is 0.190. The van der Waals surface area contributed by atoms with Crippen LogP contribution in [0.3, 0.4) is 0 Å². The Bertz CT molecular complexity index is 615. The maximum Gasteiger partial charge on any atom is 0.125 e. The van der Waals surface area contributed by atoms with E-state index in [0.717, 1.165) is 10.0 Å². The summed E-state index contributed by atoms with van der Waals surface area (Å²) in [4.78, 5) is 0. The van der Waals surface area contributed by atoms with Gasteiger partial charge < -0.3 is 9.84 Å². The monoisotopic (exact) mass is 374 g/mol. The second kappa shape index (κ2) is 6.81. The van der Waals surface area contributed by atoms with Crippen LogP contribution in [0.2, 0.25) is 10.0 Å². The van der Waals surface area contributed by atoms with Gasteiger partial charge in [-0.2, -0.15) is 0 Å². The molecule has 0 aliphatic heterocycles. The number of benzene rings is 2. The van der Waals surface area contributed by atoms with Gasteiger partial charge in [0.05, 0.1) is 6.10 Å². The van der Waals surface area contributed by atoms with E-state index in [-0.39, 0.29) is 0 Å². The number of aliphatic hydroxyl groups is 1. The van der Waals surface area contributed by atoms with Crippen LogP contribution in [0.15, 0.2) is 40.9 Å². The first-order valence-corrected chi connectivity index (χ1v) is 7.56. The summed E-state index contributed by atoms with van der Waals surface area (Å²) in [5, 5.41) is 10.9. The number of halogens is 3. The SMILES string of the molecule is C[C@H](O)c1cc(Cl)ccc1OCc1ccc(Br)cc1Cl. The zero-order chi connectivity index (χ0) is 14.7. The normalized spacial score (nSPS) is 12.2. The van der Waals surface area contributed by atoms with Crippen LogP contribution in [0.1, 0.15) is 24.2 Å². The second-order valence-electron chi connectivity index (χ2n) is 4.38. The highest BCUT2D eigenvalue weighted by Gasteiger charge is 2.11. The van der Waals surface area contributed by atoms with Crippen LogP contribution in [-0.4, -0.2) is 5.11 Å². The van der Waals surface area contributed by atoms with Crippen molar-refractivity contribution in [2.45, 2.75) is 19.6 Å². The van der Waals surface area contributed by atoms with E-state index in [1.165, 1.54) is 0 Å². The zero-order valence-corrected chi connectivity index (χ0v) is 13.8. The molecule has 1 N–H and O–H groups in total. The Morgan fingerprint density at radius 1 is 1.20 bits per heavy atom. The maximum absolute atomic E-state index is 9.75. The third-order valence-corrected chi connectivity index (χ3v) is 3.90. The van der Waals surface area contributed by atoms with Crippen molar-refractivity contribution in [2.75, 3.05) is 0 Å². The summed E-state index contributed by atoms with van der Waals surface area (Å²) in [5.74, 6) is 0.600. The maximum atomic E-state index is 9.75. The van der Waals surface area contributed by atoms with E-state index in [4.69, 9.17) is 27.9 Å². The predicted molar refractivity (Wildman–Crippen MR) is 85.6 cm³/mol. The molecule has 5 heteroatoms. The van der Waals surface area contributed by atoms with Gasteiger partial charge in [-0.3, -0.25) is 0 Å². The second-order valence-corrected chi connectivity index (χ2v) is 6.14. The van der Waals surface area contributed by atoms with E-state index in [1.807, 2.05) is 18.2 Å². The molecular weight excluding hydrogens is 363 g/mol. The Morgan fingerprint density at radius 2 is 1.95 bits per heavy atom. The molecule has 0 radical (unpaired) electrons. The van der Waals surface area contributed by atoms with Gasteiger partial charge in [0.25, 0.3) is 0 Å². The Morgan fingerprint density at radius 3 is 2.60 bits per heavy atom. The third-order valence-electron chi connectivity index (χ3n) is 2.82. The van der Waals surface area contributed by atoms with Crippen LogP contribution in [0.25, 0.3) is 0 Å². The molecule has 0 aromatic heterocycles. The van der Waals surface area contributed by atoms with Gasteiger partial charge in [-0.05, 0) is 37.3 Å². The van der Waals surface area contributed by atoms with E-state index < -0.39 is 6.10 Å². The molecule has 2 nitrogen and oxygen atoms in total. The summed E-state index contributed by atoms with van der Waals surface area (Å²) in [6.07, 6.45) is -0.649. The standard InChI is InChI=1S/C15H13BrCl2O2/c1-9(19)13-7-12(17)4-5-15(13)20-8-10-2-3-11(16)6-14(10)18/h2-7,9,19H,8H2,1H3/t9-/m0/s1. The number of ether oxygens (including phenoxy) is 1. The molecule has 0 heterocycles. The van der Waals surface area contributed by atoms with Gasteiger partial charge in [-0.1, -0.05) is 45.2 Å². The van der Waals surface area contributed by atoms with E-state index in [2.05, 4.69) is 15.9 Å². The first kappa shape index (κ1) is 15.6. The fourth-order valence-electron chi connectivity index (χ4n) is 1.77. The molecule has 0 unspecified atom stereocenters. The van der Waals surface area contributed by atoms with Gasteiger partial charge in [0, 0.05) is 25.6 Å². The predicted octanol–water partition coefficient (Wildman–Crippen LogP) is 5.39. The molecule has 0 amide bonds. The Kier molecular flexibility index (Phi) is 5.33. The minimum absolute atomic E-state index is 0.327. The molecule has 0 bridgehead atoms. The average Bonchev–Trinajstić information content (AvgIpc) is 2.38. The molecule has 0 spiro atoms. The van der Waals surface area contributed by atoms with Gasteiger partial charge in [-0.15, -0.1) is 0 Å². The van der Waals surface area contributed by atoms with Gasteiger partial charge >= 0.3 is 0 Å². The molecule has 106 valence electrons. The molecule has 20 heavy (non-hydrogen) atoms. The lowest BCUT2D eigenvalue weighted by Crippen LogP contribution is -2.01. The van der Waals surface area contributed by atoms with Crippen LogP contribution < -0.4 is 4.74 Å². The van der Waals surface area contributed by atoms with E-state index in [0.29, 0.717) is 28.0 Å². The lowest BCUT2D eigenvalue weighted by Gasteiger charge is -2.14. The highest BCUT2D eigenvalue weighted by Crippen LogP contribution is 2.30. The first-order valence-electron chi connectivity index (χ1n) is 6.01. The smallest absolute Gasteiger partial charge is 0.125 e. The summed E-state index contributed by atoms with van der Waals surface area (Å²) in [5.41, 5.74) is 1.53. The topological polar surface area (TPSA) is 29.5 Å². The minimum atomic E-state index is -0.649. The number of hydrogen-bond acceptors (Lipinski definition) is 2. The highest BCUT2D eigenvalue weighted by molar-refractivity contribution is 9.10. The number of rotatable bonds is 4. The highest BCUT2D eigenvalue weighted by atomic mass is 79.9. The lowest BCUT2D eigenvalue weighted by atomic mass is 10.1. The third kappa shape index (κ3) is 3.89. The molecule has 0 aliphatic carbocycles. The molecule has 2 aromatic rings. The van der Waals surface area contributed by atoms with Gasteiger partial charge in [0.15, 0.2) is 0 Å². The van der Waals surface area contributed by atoms with E-state index in [9.17, 15) is 5.11 Å². The molecule has 0 aliphatic rings. The Hall–Kier alpha value is -0.740.